The van der Waals surface area contributed by atoms with Crippen LogP contribution in [0.15, 0.2) is 30.5 Å². The van der Waals surface area contributed by atoms with Crippen molar-refractivity contribution in [2.45, 2.75) is 32.4 Å². The van der Waals surface area contributed by atoms with Gasteiger partial charge >= 0.3 is 0 Å². The number of rotatable bonds is 5. The number of fused-ring (bicyclic) bond motifs is 1. The normalized spacial score (nSPS) is 12.3. The average Bonchev–Trinajstić information content (AvgIpc) is 2.45. The molecular weight excluding hydrogens is 258 g/mol. The van der Waals surface area contributed by atoms with Gasteiger partial charge in [0.1, 0.15) is 0 Å². The van der Waals surface area contributed by atoms with Crippen LogP contribution in [0.3, 0.4) is 0 Å². The van der Waals surface area contributed by atoms with Crippen molar-refractivity contribution in [3.8, 4) is 6.07 Å². The molecule has 0 aliphatic heterocycles. The van der Waals surface area contributed by atoms with Crippen molar-refractivity contribution in [2.75, 3.05) is 0 Å². The molecule has 1 N–H and O–H groups in total. The molecule has 1 atom stereocenters. The van der Waals surface area contributed by atoms with Crippen LogP contribution in [-0.2, 0) is 6.54 Å². The van der Waals surface area contributed by atoms with Crippen LogP contribution in [0.2, 0.25) is 5.02 Å². The lowest BCUT2D eigenvalue weighted by atomic mass is 10.1. The summed E-state index contributed by atoms with van der Waals surface area (Å²) in [5, 5.41) is 13.8. The molecule has 0 aliphatic carbocycles. The second kappa shape index (κ2) is 6.51. The Morgan fingerprint density at radius 1 is 1.42 bits per heavy atom. The lowest BCUT2D eigenvalue weighted by Crippen LogP contribution is -2.27. The van der Waals surface area contributed by atoms with Crippen LogP contribution in [0.25, 0.3) is 10.9 Å². The maximum absolute atomic E-state index is 8.75. The summed E-state index contributed by atoms with van der Waals surface area (Å²) in [6, 6.07) is 10.2. The maximum atomic E-state index is 8.75. The Balaban J connectivity index is 2.22. The van der Waals surface area contributed by atoms with Crippen molar-refractivity contribution in [3.05, 3.63) is 41.0 Å². The summed E-state index contributed by atoms with van der Waals surface area (Å²) < 4.78 is 0. The third-order valence-electron chi connectivity index (χ3n) is 3.21. The maximum Gasteiger partial charge on any atom is 0.0761 e. The van der Waals surface area contributed by atoms with E-state index in [9.17, 15) is 0 Å². The van der Waals surface area contributed by atoms with E-state index in [1.165, 1.54) is 0 Å². The lowest BCUT2D eigenvalue weighted by molar-refractivity contribution is 0.506. The molecule has 4 heteroatoms. The Morgan fingerprint density at radius 3 is 3.00 bits per heavy atom. The zero-order chi connectivity index (χ0) is 13.7. The van der Waals surface area contributed by atoms with E-state index < -0.39 is 0 Å². The molecule has 2 aromatic rings. The van der Waals surface area contributed by atoms with Gasteiger partial charge in [-0.2, -0.15) is 5.26 Å². The van der Waals surface area contributed by atoms with Gasteiger partial charge in [-0.3, -0.25) is 4.98 Å². The molecule has 2 rings (SSSR count). The number of hydrogen-bond donors (Lipinski definition) is 1. The zero-order valence-corrected chi connectivity index (χ0v) is 11.6. The van der Waals surface area contributed by atoms with Crippen molar-refractivity contribution in [1.82, 2.24) is 10.3 Å². The van der Waals surface area contributed by atoms with E-state index in [2.05, 4.69) is 23.3 Å². The molecule has 19 heavy (non-hydrogen) atoms. The Kier molecular flexibility index (Phi) is 4.73. The van der Waals surface area contributed by atoms with Gasteiger partial charge in [-0.15, -0.1) is 0 Å². The van der Waals surface area contributed by atoms with Gasteiger partial charge in [0.05, 0.1) is 18.0 Å². The van der Waals surface area contributed by atoms with Crippen LogP contribution in [0.1, 0.15) is 25.3 Å². The molecule has 98 valence electrons. The average molecular weight is 274 g/mol. The second-order valence-electron chi connectivity index (χ2n) is 4.45. The Hall–Kier alpha value is -1.63. The van der Waals surface area contributed by atoms with Gasteiger partial charge in [0, 0.05) is 29.2 Å². The summed E-state index contributed by atoms with van der Waals surface area (Å²) >= 11 is 6.17. The molecule has 0 aliphatic rings. The van der Waals surface area contributed by atoms with Crippen LogP contribution >= 0.6 is 11.6 Å². The topological polar surface area (TPSA) is 48.7 Å². The second-order valence-corrected chi connectivity index (χ2v) is 4.86. The fourth-order valence-electron chi connectivity index (χ4n) is 2.06. The summed E-state index contributed by atoms with van der Waals surface area (Å²) in [6.45, 7) is 2.78. The third kappa shape index (κ3) is 3.23. The van der Waals surface area contributed by atoms with Crippen molar-refractivity contribution >= 4 is 22.5 Å². The first kappa shape index (κ1) is 13.8. The van der Waals surface area contributed by atoms with Gasteiger partial charge < -0.3 is 5.32 Å². The highest BCUT2D eigenvalue weighted by atomic mass is 35.5. The first-order valence-electron chi connectivity index (χ1n) is 6.38. The molecule has 0 fully saturated rings. The summed E-state index contributed by atoms with van der Waals surface area (Å²) in [6.07, 6.45) is 3.23. The van der Waals surface area contributed by atoms with Gasteiger partial charge in [-0.05, 0) is 30.2 Å². The van der Waals surface area contributed by atoms with Gasteiger partial charge in [0.15, 0.2) is 0 Å². The standard InChI is InChI=1S/C15H16ClN3/c1-2-12(7-8-17)19-10-11-5-6-14(16)13-4-3-9-18-15(11)13/h3-6,9,12,19H,2,7,10H2,1H3. The van der Waals surface area contributed by atoms with Crippen molar-refractivity contribution in [1.29, 1.82) is 5.26 Å². The molecular formula is C15H16ClN3. The van der Waals surface area contributed by atoms with Crippen LogP contribution in [0.4, 0.5) is 0 Å². The van der Waals surface area contributed by atoms with Crippen LogP contribution < -0.4 is 5.32 Å². The van der Waals surface area contributed by atoms with Crippen molar-refractivity contribution < 1.29 is 0 Å². The van der Waals surface area contributed by atoms with Gasteiger partial charge in [0.2, 0.25) is 0 Å². The fraction of sp³-hybridized carbons (Fsp3) is 0.333. The van der Waals surface area contributed by atoms with Crippen LogP contribution in [0.5, 0.6) is 0 Å². The van der Waals surface area contributed by atoms with Crippen molar-refractivity contribution in [3.63, 3.8) is 0 Å². The minimum Gasteiger partial charge on any atom is -0.309 e. The summed E-state index contributed by atoms with van der Waals surface area (Å²) in [5.41, 5.74) is 2.03. The van der Waals surface area contributed by atoms with E-state index in [0.29, 0.717) is 13.0 Å². The Morgan fingerprint density at radius 2 is 2.26 bits per heavy atom. The van der Waals surface area contributed by atoms with Crippen LogP contribution in [0, 0.1) is 11.3 Å². The third-order valence-corrected chi connectivity index (χ3v) is 3.54. The highest BCUT2D eigenvalue weighted by molar-refractivity contribution is 6.35. The number of nitrogens with zero attached hydrogens (tertiary/aromatic N) is 2. The van der Waals surface area contributed by atoms with E-state index in [-0.39, 0.29) is 6.04 Å². The van der Waals surface area contributed by atoms with Crippen LogP contribution in [-0.4, -0.2) is 11.0 Å². The number of aromatic nitrogens is 1. The molecule has 0 saturated carbocycles. The smallest absolute Gasteiger partial charge is 0.0761 e. The zero-order valence-electron chi connectivity index (χ0n) is 10.9. The first-order chi connectivity index (χ1) is 9.26. The molecule has 0 radical (unpaired) electrons. The minimum absolute atomic E-state index is 0.222. The Bertz CT molecular complexity index is 604. The quantitative estimate of drug-likeness (QED) is 0.904. The summed E-state index contributed by atoms with van der Waals surface area (Å²) in [5.74, 6) is 0. The number of hydrogen-bond acceptors (Lipinski definition) is 3. The minimum atomic E-state index is 0.222. The number of pyridine rings is 1. The predicted octanol–water partition coefficient (Wildman–Crippen LogP) is 3.67. The van der Waals surface area contributed by atoms with E-state index in [1.807, 2.05) is 24.3 Å². The first-order valence-corrected chi connectivity index (χ1v) is 6.76. The summed E-state index contributed by atoms with van der Waals surface area (Å²) in [7, 11) is 0. The highest BCUT2D eigenvalue weighted by Crippen LogP contribution is 2.24. The molecule has 1 aromatic carbocycles. The lowest BCUT2D eigenvalue weighted by Gasteiger charge is -2.14. The number of nitriles is 1. The van der Waals surface area contributed by atoms with E-state index in [4.69, 9.17) is 16.9 Å². The number of nitrogens with one attached hydrogen (secondary N) is 1. The molecule has 1 unspecified atom stereocenters. The molecule has 0 spiro atoms. The monoisotopic (exact) mass is 273 g/mol. The van der Waals surface area contributed by atoms with Crippen molar-refractivity contribution in [2.24, 2.45) is 0 Å². The van der Waals surface area contributed by atoms with Gasteiger partial charge in [-0.25, -0.2) is 0 Å². The summed E-state index contributed by atoms with van der Waals surface area (Å²) in [4.78, 5) is 4.40. The van der Waals surface area contributed by atoms with E-state index in [1.54, 1.807) is 6.20 Å². The molecule has 0 bridgehead atoms. The number of benzene rings is 1. The van der Waals surface area contributed by atoms with Gasteiger partial charge in [-0.1, -0.05) is 24.6 Å². The van der Waals surface area contributed by atoms with Gasteiger partial charge in [0.25, 0.3) is 0 Å². The Labute approximate surface area is 118 Å². The van der Waals surface area contributed by atoms with E-state index >= 15 is 0 Å². The molecule has 1 heterocycles. The van der Waals surface area contributed by atoms with E-state index in [0.717, 1.165) is 27.9 Å². The number of halogens is 1. The SMILES string of the molecule is CCC(CC#N)NCc1ccc(Cl)c2cccnc12. The molecule has 0 amide bonds. The molecule has 3 nitrogen and oxygen atoms in total. The highest BCUT2D eigenvalue weighted by Gasteiger charge is 2.08. The molecule has 1 aromatic heterocycles. The largest absolute Gasteiger partial charge is 0.309 e. The predicted molar refractivity (Wildman–Crippen MR) is 77.9 cm³/mol. The fourth-order valence-corrected chi connectivity index (χ4v) is 2.28. The molecule has 0 saturated heterocycles.